The molecule has 0 aliphatic carbocycles. The van der Waals surface area contributed by atoms with Crippen LogP contribution in [0.15, 0.2) is 24.3 Å². The van der Waals surface area contributed by atoms with Gasteiger partial charge in [0.2, 0.25) is 5.95 Å². The number of hydrogen-bond donors (Lipinski definition) is 1. The fourth-order valence-electron chi connectivity index (χ4n) is 2.47. The molecular weight excluding hydrogens is 278 g/mol. The smallest absolute Gasteiger partial charge is 0.244 e. The highest BCUT2D eigenvalue weighted by Gasteiger charge is 2.11. The number of nitrogens with zero attached hydrogens (tertiary/aromatic N) is 4. The standard InChI is InChI=1S/C16H21N5O/c1-11(2)22-10-6-9-17-16-18-15-14(19-20-16)12-7-4-5-8-13(12)21(15)3/h4-5,7-8,11H,6,9-10H2,1-3H3,(H,17,18,20). The number of ether oxygens (including phenoxy) is 1. The number of nitrogens with one attached hydrogen (secondary N) is 1. The number of fused-ring (bicyclic) bond motifs is 3. The van der Waals surface area contributed by atoms with Gasteiger partial charge in [0.1, 0.15) is 5.52 Å². The van der Waals surface area contributed by atoms with Crippen LogP contribution in [-0.4, -0.2) is 39.0 Å². The maximum Gasteiger partial charge on any atom is 0.244 e. The summed E-state index contributed by atoms with van der Waals surface area (Å²) >= 11 is 0. The molecule has 0 unspecified atom stereocenters. The molecule has 116 valence electrons. The highest BCUT2D eigenvalue weighted by atomic mass is 16.5. The Morgan fingerprint density at radius 3 is 2.86 bits per heavy atom. The van der Waals surface area contributed by atoms with E-state index in [0.717, 1.165) is 41.6 Å². The second-order valence-corrected chi connectivity index (χ2v) is 5.58. The molecule has 0 atom stereocenters. The maximum atomic E-state index is 5.51. The number of benzene rings is 1. The Morgan fingerprint density at radius 2 is 2.05 bits per heavy atom. The molecule has 0 saturated carbocycles. The number of hydrogen-bond acceptors (Lipinski definition) is 5. The average Bonchev–Trinajstić information content (AvgIpc) is 2.80. The lowest BCUT2D eigenvalue weighted by molar-refractivity contribution is 0.0787. The normalized spacial score (nSPS) is 11.6. The van der Waals surface area contributed by atoms with Crippen LogP contribution in [0.2, 0.25) is 0 Å². The van der Waals surface area contributed by atoms with Crippen molar-refractivity contribution >= 4 is 28.0 Å². The van der Waals surface area contributed by atoms with E-state index in [9.17, 15) is 0 Å². The van der Waals surface area contributed by atoms with Crippen LogP contribution in [0.5, 0.6) is 0 Å². The molecule has 22 heavy (non-hydrogen) atoms. The van der Waals surface area contributed by atoms with Crippen LogP contribution in [0.4, 0.5) is 5.95 Å². The fraction of sp³-hybridized carbons (Fsp3) is 0.438. The van der Waals surface area contributed by atoms with Crippen LogP contribution in [0, 0.1) is 0 Å². The molecule has 2 heterocycles. The summed E-state index contributed by atoms with van der Waals surface area (Å²) in [6, 6.07) is 8.13. The number of para-hydroxylation sites is 1. The number of anilines is 1. The number of rotatable bonds is 6. The van der Waals surface area contributed by atoms with E-state index in [-0.39, 0.29) is 6.10 Å². The van der Waals surface area contributed by atoms with Gasteiger partial charge >= 0.3 is 0 Å². The largest absolute Gasteiger partial charge is 0.379 e. The van der Waals surface area contributed by atoms with Gasteiger partial charge in [-0.2, -0.15) is 4.98 Å². The van der Waals surface area contributed by atoms with Crippen molar-refractivity contribution in [2.24, 2.45) is 7.05 Å². The highest BCUT2D eigenvalue weighted by Crippen LogP contribution is 2.24. The van der Waals surface area contributed by atoms with E-state index < -0.39 is 0 Å². The third kappa shape index (κ3) is 2.87. The summed E-state index contributed by atoms with van der Waals surface area (Å²) in [6.07, 6.45) is 1.18. The lowest BCUT2D eigenvalue weighted by Crippen LogP contribution is -2.11. The van der Waals surface area contributed by atoms with Gasteiger partial charge in [0.25, 0.3) is 0 Å². The molecule has 6 nitrogen and oxygen atoms in total. The first kappa shape index (κ1) is 14.7. The Bertz CT molecular complexity index is 781. The summed E-state index contributed by atoms with van der Waals surface area (Å²) in [4.78, 5) is 4.58. The van der Waals surface area contributed by atoms with Crippen molar-refractivity contribution in [3.05, 3.63) is 24.3 Å². The quantitative estimate of drug-likeness (QED) is 0.709. The molecule has 1 aromatic carbocycles. The van der Waals surface area contributed by atoms with E-state index in [1.54, 1.807) is 0 Å². The minimum absolute atomic E-state index is 0.269. The third-order valence-corrected chi connectivity index (χ3v) is 3.56. The molecule has 0 fully saturated rings. The van der Waals surface area contributed by atoms with Gasteiger partial charge in [-0.1, -0.05) is 18.2 Å². The lowest BCUT2D eigenvalue weighted by Gasteiger charge is -2.07. The zero-order valence-electron chi connectivity index (χ0n) is 13.2. The van der Waals surface area contributed by atoms with Gasteiger partial charge in [-0.3, -0.25) is 0 Å². The van der Waals surface area contributed by atoms with Crippen LogP contribution in [0.25, 0.3) is 22.1 Å². The van der Waals surface area contributed by atoms with Crippen LogP contribution in [0.3, 0.4) is 0 Å². The van der Waals surface area contributed by atoms with E-state index >= 15 is 0 Å². The summed E-state index contributed by atoms with van der Waals surface area (Å²) in [7, 11) is 2.00. The Balaban J connectivity index is 1.76. The SMILES string of the molecule is CC(C)OCCCNc1nnc2c3ccccc3n(C)c2n1. The molecule has 6 heteroatoms. The van der Waals surface area contributed by atoms with E-state index in [1.165, 1.54) is 0 Å². The molecule has 2 aromatic heterocycles. The molecule has 1 N–H and O–H groups in total. The molecule has 3 aromatic rings. The molecule has 3 rings (SSSR count). The zero-order chi connectivity index (χ0) is 15.5. The first-order chi connectivity index (χ1) is 10.7. The Labute approximate surface area is 129 Å². The predicted octanol–water partition coefficient (Wildman–Crippen LogP) is 2.74. The van der Waals surface area contributed by atoms with Crippen LogP contribution in [0.1, 0.15) is 20.3 Å². The first-order valence-electron chi connectivity index (χ1n) is 7.60. The second kappa shape index (κ2) is 6.27. The minimum atomic E-state index is 0.269. The second-order valence-electron chi connectivity index (χ2n) is 5.58. The summed E-state index contributed by atoms with van der Waals surface area (Å²) in [5, 5.41) is 12.8. The van der Waals surface area contributed by atoms with Crippen molar-refractivity contribution in [3.8, 4) is 0 Å². The molecule has 0 aliphatic heterocycles. The van der Waals surface area contributed by atoms with E-state index in [2.05, 4.69) is 26.6 Å². The molecule has 0 aliphatic rings. The lowest BCUT2D eigenvalue weighted by atomic mass is 10.2. The van der Waals surface area contributed by atoms with Gasteiger partial charge < -0.3 is 14.6 Å². The van der Waals surface area contributed by atoms with E-state index in [0.29, 0.717) is 5.95 Å². The predicted molar refractivity (Wildman–Crippen MR) is 88.0 cm³/mol. The van der Waals surface area contributed by atoms with Crippen LogP contribution in [-0.2, 0) is 11.8 Å². The van der Waals surface area contributed by atoms with Crippen LogP contribution < -0.4 is 5.32 Å². The maximum absolute atomic E-state index is 5.51. The van der Waals surface area contributed by atoms with Gasteiger partial charge in [0, 0.05) is 25.6 Å². The molecule has 0 radical (unpaired) electrons. The first-order valence-corrected chi connectivity index (χ1v) is 7.60. The van der Waals surface area contributed by atoms with Gasteiger partial charge in [-0.25, -0.2) is 0 Å². The Kier molecular flexibility index (Phi) is 4.20. The Morgan fingerprint density at radius 1 is 1.23 bits per heavy atom. The molecule has 0 bridgehead atoms. The summed E-state index contributed by atoms with van der Waals surface area (Å²) in [5.41, 5.74) is 2.80. The Hall–Kier alpha value is -2.21. The molecular formula is C16H21N5O. The molecule has 0 spiro atoms. The highest BCUT2D eigenvalue weighted by molar-refractivity contribution is 6.04. The summed E-state index contributed by atoms with van der Waals surface area (Å²) < 4.78 is 7.56. The van der Waals surface area contributed by atoms with Crippen molar-refractivity contribution in [2.45, 2.75) is 26.4 Å². The van der Waals surface area contributed by atoms with Crippen molar-refractivity contribution < 1.29 is 4.74 Å². The average molecular weight is 299 g/mol. The fourth-order valence-corrected chi connectivity index (χ4v) is 2.47. The number of aryl methyl sites for hydroxylation is 1. The molecule has 0 saturated heterocycles. The number of aromatic nitrogens is 4. The van der Waals surface area contributed by atoms with Crippen molar-refractivity contribution in [3.63, 3.8) is 0 Å². The third-order valence-electron chi connectivity index (χ3n) is 3.56. The van der Waals surface area contributed by atoms with E-state index in [1.807, 2.05) is 43.7 Å². The van der Waals surface area contributed by atoms with Gasteiger partial charge in [0.15, 0.2) is 5.65 Å². The van der Waals surface area contributed by atoms with Crippen molar-refractivity contribution in [2.75, 3.05) is 18.5 Å². The van der Waals surface area contributed by atoms with Crippen molar-refractivity contribution in [1.82, 2.24) is 19.7 Å². The van der Waals surface area contributed by atoms with Gasteiger partial charge in [0.05, 0.1) is 11.6 Å². The minimum Gasteiger partial charge on any atom is -0.379 e. The topological polar surface area (TPSA) is 64.9 Å². The van der Waals surface area contributed by atoms with Crippen LogP contribution >= 0.6 is 0 Å². The van der Waals surface area contributed by atoms with Crippen molar-refractivity contribution in [1.29, 1.82) is 0 Å². The van der Waals surface area contributed by atoms with Gasteiger partial charge in [-0.15, -0.1) is 10.2 Å². The summed E-state index contributed by atoms with van der Waals surface area (Å²) in [5.74, 6) is 0.558. The summed E-state index contributed by atoms with van der Waals surface area (Å²) in [6.45, 7) is 5.57. The van der Waals surface area contributed by atoms with E-state index in [4.69, 9.17) is 4.74 Å². The monoisotopic (exact) mass is 299 g/mol. The van der Waals surface area contributed by atoms with Gasteiger partial charge in [-0.05, 0) is 26.3 Å². The zero-order valence-corrected chi connectivity index (χ0v) is 13.2. The molecule has 0 amide bonds.